The Labute approximate surface area is 135 Å². The Hall–Kier alpha value is -1.76. The van der Waals surface area contributed by atoms with Crippen LogP contribution in [0.4, 0.5) is 13.2 Å². The van der Waals surface area contributed by atoms with E-state index in [1.54, 1.807) is 0 Å². The van der Waals surface area contributed by atoms with Crippen molar-refractivity contribution in [1.29, 1.82) is 0 Å². The summed E-state index contributed by atoms with van der Waals surface area (Å²) in [5.74, 6) is -1.04. The molecule has 2 fully saturated rings. The number of carbonyl (C=O) groups excluding carboxylic acids is 2. The first kappa shape index (κ1) is 16.1. The summed E-state index contributed by atoms with van der Waals surface area (Å²) < 4.78 is 38.6. The maximum Gasteiger partial charge on any atom is 0.416 e. The molecule has 23 heavy (non-hydrogen) atoms. The maximum atomic E-state index is 12.9. The minimum absolute atomic E-state index is 0.0955. The van der Waals surface area contributed by atoms with Crippen LogP contribution in [0.25, 0.3) is 0 Å². The standard InChI is InChI=1S/C15H14ClF3N2O2/c16-11-2-1-9(15(17,18)19)6-10(11)14(3-4-14)21-13(23)8-5-12(22)20-7-8/h1-2,6,8H,3-5,7H2,(H,20,22)(H,21,23)/t8-/m1/s1. The van der Waals surface area contributed by atoms with Gasteiger partial charge in [0.25, 0.3) is 0 Å². The topological polar surface area (TPSA) is 58.2 Å². The van der Waals surface area contributed by atoms with Gasteiger partial charge in [-0.3, -0.25) is 9.59 Å². The molecule has 0 unspecified atom stereocenters. The summed E-state index contributed by atoms with van der Waals surface area (Å²) >= 11 is 6.05. The molecule has 1 atom stereocenters. The van der Waals surface area contributed by atoms with Crippen LogP contribution in [0, 0.1) is 5.92 Å². The van der Waals surface area contributed by atoms with Crippen molar-refractivity contribution in [3.05, 3.63) is 34.3 Å². The maximum absolute atomic E-state index is 12.9. The molecule has 1 aromatic rings. The summed E-state index contributed by atoms with van der Waals surface area (Å²) in [7, 11) is 0. The van der Waals surface area contributed by atoms with Gasteiger partial charge in [0, 0.05) is 18.0 Å². The zero-order chi connectivity index (χ0) is 16.8. The van der Waals surface area contributed by atoms with Crippen molar-refractivity contribution in [1.82, 2.24) is 10.6 Å². The highest BCUT2D eigenvalue weighted by atomic mass is 35.5. The van der Waals surface area contributed by atoms with Crippen LogP contribution in [-0.4, -0.2) is 18.4 Å². The Kier molecular flexibility index (Phi) is 3.78. The zero-order valence-corrected chi connectivity index (χ0v) is 12.7. The summed E-state index contributed by atoms with van der Waals surface area (Å²) in [6, 6.07) is 3.11. The van der Waals surface area contributed by atoms with Crippen molar-refractivity contribution < 1.29 is 22.8 Å². The third-order valence-electron chi connectivity index (χ3n) is 4.27. The van der Waals surface area contributed by atoms with Crippen molar-refractivity contribution in [2.45, 2.75) is 31.0 Å². The van der Waals surface area contributed by atoms with Gasteiger partial charge in [-0.25, -0.2) is 0 Å². The van der Waals surface area contributed by atoms with Gasteiger partial charge < -0.3 is 10.6 Å². The van der Waals surface area contributed by atoms with E-state index in [9.17, 15) is 22.8 Å². The molecular weight excluding hydrogens is 333 g/mol. The Balaban J connectivity index is 1.83. The number of hydrogen-bond donors (Lipinski definition) is 2. The lowest BCUT2D eigenvalue weighted by Gasteiger charge is -2.22. The van der Waals surface area contributed by atoms with Crippen molar-refractivity contribution in [2.24, 2.45) is 5.92 Å². The normalized spacial score (nSPS) is 22.6. The smallest absolute Gasteiger partial charge is 0.355 e. The van der Waals surface area contributed by atoms with Crippen LogP contribution in [0.15, 0.2) is 18.2 Å². The molecule has 1 aromatic carbocycles. The van der Waals surface area contributed by atoms with Gasteiger partial charge in [0.2, 0.25) is 11.8 Å². The number of halogens is 4. The van der Waals surface area contributed by atoms with Gasteiger partial charge in [-0.1, -0.05) is 11.6 Å². The number of rotatable bonds is 3. The van der Waals surface area contributed by atoms with E-state index in [1.807, 2.05) is 0 Å². The third-order valence-corrected chi connectivity index (χ3v) is 4.60. The molecule has 4 nitrogen and oxygen atoms in total. The van der Waals surface area contributed by atoms with Gasteiger partial charge in [0.05, 0.1) is 17.0 Å². The molecule has 1 aliphatic heterocycles. The second kappa shape index (κ2) is 5.40. The molecule has 0 spiro atoms. The zero-order valence-electron chi connectivity index (χ0n) is 12.0. The van der Waals surface area contributed by atoms with Gasteiger partial charge in [-0.05, 0) is 36.6 Å². The van der Waals surface area contributed by atoms with Gasteiger partial charge in [-0.2, -0.15) is 13.2 Å². The second-order valence-electron chi connectivity index (χ2n) is 5.97. The van der Waals surface area contributed by atoms with E-state index in [0.717, 1.165) is 12.1 Å². The quantitative estimate of drug-likeness (QED) is 0.884. The summed E-state index contributed by atoms with van der Waals surface area (Å²) in [5.41, 5.74) is -1.38. The van der Waals surface area contributed by atoms with Crippen LogP contribution in [0.3, 0.4) is 0 Å². The van der Waals surface area contributed by atoms with Gasteiger partial charge in [0.1, 0.15) is 0 Å². The summed E-state index contributed by atoms with van der Waals surface area (Å²) in [5, 5.41) is 5.54. The minimum Gasteiger partial charge on any atom is -0.355 e. The van der Waals surface area contributed by atoms with E-state index in [-0.39, 0.29) is 35.4 Å². The molecular formula is C15H14ClF3N2O2. The van der Waals surface area contributed by atoms with Gasteiger partial charge in [0.15, 0.2) is 0 Å². The van der Waals surface area contributed by atoms with Crippen molar-refractivity contribution in [3.63, 3.8) is 0 Å². The first-order valence-electron chi connectivity index (χ1n) is 7.17. The molecule has 2 N–H and O–H groups in total. The minimum atomic E-state index is -4.47. The summed E-state index contributed by atoms with van der Waals surface area (Å²) in [6.07, 6.45) is -3.33. The summed E-state index contributed by atoms with van der Waals surface area (Å²) in [6.45, 7) is 0.247. The number of nitrogens with one attached hydrogen (secondary N) is 2. The van der Waals surface area contributed by atoms with Crippen LogP contribution in [0.1, 0.15) is 30.4 Å². The third kappa shape index (κ3) is 3.15. The molecule has 0 aromatic heterocycles. The average molecular weight is 347 g/mol. The number of benzene rings is 1. The van der Waals surface area contributed by atoms with Crippen LogP contribution in [-0.2, 0) is 21.3 Å². The molecule has 1 aliphatic carbocycles. The highest BCUT2D eigenvalue weighted by Gasteiger charge is 2.49. The van der Waals surface area contributed by atoms with E-state index >= 15 is 0 Å². The Morgan fingerprint density at radius 1 is 1.35 bits per heavy atom. The molecule has 1 heterocycles. The van der Waals surface area contributed by atoms with Crippen LogP contribution < -0.4 is 10.6 Å². The van der Waals surface area contributed by atoms with Crippen LogP contribution in [0.2, 0.25) is 5.02 Å². The number of amides is 2. The van der Waals surface area contributed by atoms with Gasteiger partial charge >= 0.3 is 6.18 Å². The highest BCUT2D eigenvalue weighted by Crippen LogP contribution is 2.49. The fourth-order valence-corrected chi connectivity index (χ4v) is 3.08. The van der Waals surface area contributed by atoms with Crippen molar-refractivity contribution >= 4 is 23.4 Å². The molecule has 1 saturated heterocycles. The fourth-order valence-electron chi connectivity index (χ4n) is 2.78. The number of alkyl halides is 3. The molecule has 3 rings (SSSR count). The predicted molar refractivity (Wildman–Crippen MR) is 76.6 cm³/mol. The van der Waals surface area contributed by atoms with Crippen molar-refractivity contribution in [2.75, 3.05) is 6.54 Å². The molecule has 0 radical (unpaired) electrons. The largest absolute Gasteiger partial charge is 0.416 e. The number of carbonyl (C=O) groups is 2. The first-order chi connectivity index (χ1) is 10.7. The van der Waals surface area contributed by atoms with Crippen LogP contribution >= 0.6 is 11.6 Å². The second-order valence-corrected chi connectivity index (χ2v) is 6.38. The SMILES string of the molecule is O=C1C[C@@H](C(=O)NC2(c3cc(C(F)(F)F)ccc3Cl)CC2)CN1. The first-order valence-corrected chi connectivity index (χ1v) is 7.55. The van der Waals surface area contributed by atoms with E-state index < -0.39 is 23.2 Å². The molecule has 124 valence electrons. The highest BCUT2D eigenvalue weighted by molar-refractivity contribution is 6.31. The lowest BCUT2D eigenvalue weighted by molar-refractivity contribution is -0.137. The van der Waals surface area contributed by atoms with E-state index in [0.29, 0.717) is 12.8 Å². The summed E-state index contributed by atoms with van der Waals surface area (Å²) in [4.78, 5) is 23.4. The fraction of sp³-hybridized carbons (Fsp3) is 0.467. The van der Waals surface area contributed by atoms with E-state index in [1.165, 1.54) is 6.07 Å². The van der Waals surface area contributed by atoms with Crippen LogP contribution in [0.5, 0.6) is 0 Å². The lowest BCUT2D eigenvalue weighted by Crippen LogP contribution is -2.40. The average Bonchev–Trinajstić information content (AvgIpc) is 3.09. The molecule has 0 bridgehead atoms. The molecule has 2 aliphatic rings. The van der Waals surface area contributed by atoms with E-state index in [2.05, 4.69) is 10.6 Å². The molecule has 8 heteroatoms. The monoisotopic (exact) mass is 346 g/mol. The molecule has 1 saturated carbocycles. The predicted octanol–water partition coefficient (Wildman–Crippen LogP) is 2.60. The lowest BCUT2D eigenvalue weighted by atomic mass is 9.99. The number of hydrogen-bond acceptors (Lipinski definition) is 2. The Bertz CT molecular complexity index is 671. The molecule has 2 amide bonds. The van der Waals surface area contributed by atoms with Crippen molar-refractivity contribution in [3.8, 4) is 0 Å². The van der Waals surface area contributed by atoms with Gasteiger partial charge in [-0.15, -0.1) is 0 Å². The van der Waals surface area contributed by atoms with E-state index in [4.69, 9.17) is 11.6 Å². The Morgan fingerprint density at radius 2 is 2.04 bits per heavy atom. The Morgan fingerprint density at radius 3 is 2.57 bits per heavy atom.